The molecule has 1 fully saturated rings. The fourth-order valence-electron chi connectivity index (χ4n) is 4.04. The summed E-state index contributed by atoms with van der Waals surface area (Å²) < 4.78 is 2.31. The summed E-state index contributed by atoms with van der Waals surface area (Å²) in [4.78, 5) is 14.5. The molecule has 0 atom stereocenters. The molecule has 0 spiro atoms. The van der Waals surface area contributed by atoms with Crippen molar-refractivity contribution in [2.75, 3.05) is 26.2 Å². The summed E-state index contributed by atoms with van der Waals surface area (Å²) in [6, 6.07) is 6.46. The lowest BCUT2D eigenvalue weighted by Gasteiger charge is -2.33. The van der Waals surface area contributed by atoms with Crippen molar-refractivity contribution in [2.24, 2.45) is 5.73 Å². The van der Waals surface area contributed by atoms with Crippen molar-refractivity contribution in [3.05, 3.63) is 35.0 Å². The molecule has 1 aromatic carbocycles. The number of aliphatic hydroxyl groups is 1. The molecule has 1 amide bonds. The molecule has 1 saturated heterocycles. The number of hydrogen-bond acceptors (Lipinski definition) is 3. The first-order valence-electron chi connectivity index (χ1n) is 8.83. The summed E-state index contributed by atoms with van der Waals surface area (Å²) >= 11 is 0. The van der Waals surface area contributed by atoms with E-state index >= 15 is 0 Å². The van der Waals surface area contributed by atoms with Gasteiger partial charge in [-0.1, -0.05) is 19.1 Å². The Balaban J connectivity index is 2.09. The van der Waals surface area contributed by atoms with Gasteiger partial charge >= 0.3 is 0 Å². The molecule has 1 aliphatic heterocycles. The van der Waals surface area contributed by atoms with E-state index in [-0.39, 0.29) is 12.5 Å². The van der Waals surface area contributed by atoms with Crippen molar-refractivity contribution in [2.45, 2.75) is 39.2 Å². The Morgan fingerprint density at radius 2 is 2.04 bits per heavy atom. The van der Waals surface area contributed by atoms with Gasteiger partial charge in [0.2, 0.25) is 0 Å². The third-order valence-electron chi connectivity index (χ3n) is 5.33. The third kappa shape index (κ3) is 2.94. The zero-order valence-corrected chi connectivity index (χ0v) is 14.6. The van der Waals surface area contributed by atoms with E-state index in [1.165, 1.54) is 0 Å². The Bertz CT molecular complexity index is 743. The van der Waals surface area contributed by atoms with Gasteiger partial charge in [0.25, 0.3) is 5.91 Å². The van der Waals surface area contributed by atoms with Crippen LogP contribution < -0.4 is 5.73 Å². The van der Waals surface area contributed by atoms with E-state index in [0.717, 1.165) is 54.6 Å². The Morgan fingerprint density at radius 3 is 2.62 bits per heavy atom. The lowest BCUT2D eigenvalue weighted by atomic mass is 10.0. The lowest BCUT2D eigenvalue weighted by molar-refractivity contribution is 0.100. The zero-order valence-electron chi connectivity index (χ0n) is 14.6. The highest BCUT2D eigenvalue weighted by atomic mass is 16.3. The van der Waals surface area contributed by atoms with Crippen LogP contribution in [0.5, 0.6) is 0 Å². The van der Waals surface area contributed by atoms with Crippen molar-refractivity contribution < 1.29 is 9.90 Å². The van der Waals surface area contributed by atoms with Crippen molar-refractivity contribution in [1.29, 1.82) is 0 Å². The Morgan fingerprint density at radius 1 is 1.33 bits per heavy atom. The summed E-state index contributed by atoms with van der Waals surface area (Å²) in [6.07, 6.45) is 2.79. The molecule has 130 valence electrons. The third-order valence-corrected chi connectivity index (χ3v) is 5.33. The Hall–Kier alpha value is -1.85. The molecule has 2 aromatic rings. The van der Waals surface area contributed by atoms with Crippen LogP contribution in [0.1, 0.15) is 47.4 Å². The van der Waals surface area contributed by atoms with Gasteiger partial charge in [-0.05, 0) is 44.4 Å². The minimum absolute atomic E-state index is 0.128. The maximum absolute atomic E-state index is 12.0. The molecule has 3 N–H and O–H groups in total. The molecule has 0 bridgehead atoms. The number of benzene rings is 1. The molecule has 1 aromatic heterocycles. The van der Waals surface area contributed by atoms with Crippen LogP contribution in [-0.4, -0.2) is 46.7 Å². The van der Waals surface area contributed by atoms with Crippen LogP contribution in [0.3, 0.4) is 0 Å². The number of carbonyl (C=O) groups is 1. The summed E-state index contributed by atoms with van der Waals surface area (Å²) in [6.45, 7) is 7.58. The highest BCUT2D eigenvalue weighted by Crippen LogP contribution is 2.34. The summed E-state index contributed by atoms with van der Waals surface area (Å²) in [7, 11) is 0. The second-order valence-electron chi connectivity index (χ2n) is 6.69. The molecule has 3 rings (SSSR count). The van der Waals surface area contributed by atoms with E-state index in [0.29, 0.717) is 18.0 Å². The van der Waals surface area contributed by atoms with Crippen LogP contribution in [0.15, 0.2) is 18.2 Å². The van der Waals surface area contributed by atoms with E-state index in [1.54, 1.807) is 0 Å². The second-order valence-corrected chi connectivity index (χ2v) is 6.69. The fourth-order valence-corrected chi connectivity index (χ4v) is 4.04. The number of amides is 1. The number of fused-ring (bicyclic) bond motifs is 1. The van der Waals surface area contributed by atoms with Crippen LogP contribution in [0, 0.1) is 6.92 Å². The average molecular weight is 329 g/mol. The molecule has 5 nitrogen and oxygen atoms in total. The van der Waals surface area contributed by atoms with Crippen molar-refractivity contribution >= 4 is 16.8 Å². The minimum atomic E-state index is -0.364. The van der Waals surface area contributed by atoms with Crippen LogP contribution in [0.2, 0.25) is 0 Å². The predicted octanol–water partition coefficient (Wildman–Crippen LogP) is 2.24. The first-order valence-corrected chi connectivity index (χ1v) is 8.83. The fraction of sp³-hybridized carbons (Fsp3) is 0.526. The van der Waals surface area contributed by atoms with Gasteiger partial charge in [0.05, 0.1) is 5.56 Å². The molecule has 0 unspecified atom stereocenters. The summed E-state index contributed by atoms with van der Waals surface area (Å²) in [5, 5.41) is 10.2. The molecule has 5 heteroatoms. The van der Waals surface area contributed by atoms with Crippen LogP contribution >= 0.6 is 0 Å². The number of nitrogens with two attached hydrogens (primary N) is 1. The number of aromatic nitrogens is 1. The van der Waals surface area contributed by atoms with Crippen LogP contribution in [0.25, 0.3) is 10.9 Å². The Kier molecular flexibility index (Phi) is 4.92. The number of hydrogen-bond donors (Lipinski definition) is 2. The van der Waals surface area contributed by atoms with Crippen LogP contribution in [0.4, 0.5) is 0 Å². The van der Waals surface area contributed by atoms with Gasteiger partial charge in [-0.25, -0.2) is 0 Å². The molecule has 24 heavy (non-hydrogen) atoms. The van der Waals surface area contributed by atoms with Gasteiger partial charge in [0.1, 0.15) is 0 Å². The van der Waals surface area contributed by atoms with E-state index < -0.39 is 0 Å². The molecule has 0 aliphatic carbocycles. The molecule has 2 heterocycles. The maximum Gasteiger partial charge on any atom is 0.251 e. The quantitative estimate of drug-likeness (QED) is 0.884. The molecule has 0 saturated carbocycles. The minimum Gasteiger partial charge on any atom is -0.396 e. The number of nitrogens with zero attached hydrogens (tertiary/aromatic N) is 2. The molecule has 1 aliphatic rings. The van der Waals surface area contributed by atoms with E-state index in [4.69, 9.17) is 5.73 Å². The highest BCUT2D eigenvalue weighted by molar-refractivity contribution is 6.07. The van der Waals surface area contributed by atoms with Crippen molar-refractivity contribution in [3.8, 4) is 0 Å². The van der Waals surface area contributed by atoms with Crippen molar-refractivity contribution in [3.63, 3.8) is 0 Å². The van der Waals surface area contributed by atoms with Crippen molar-refractivity contribution in [1.82, 2.24) is 9.47 Å². The van der Waals surface area contributed by atoms with E-state index in [9.17, 15) is 9.90 Å². The van der Waals surface area contributed by atoms with Gasteiger partial charge in [-0.2, -0.15) is 0 Å². The number of carbonyl (C=O) groups excluding carboxylic acids is 1. The van der Waals surface area contributed by atoms with E-state index in [1.807, 2.05) is 19.1 Å². The predicted molar refractivity (Wildman–Crippen MR) is 96.4 cm³/mol. The first-order chi connectivity index (χ1) is 11.6. The largest absolute Gasteiger partial charge is 0.396 e. The average Bonchev–Trinajstić information content (AvgIpc) is 2.86. The number of piperidine rings is 1. The zero-order chi connectivity index (χ0) is 17.3. The SMILES string of the molecule is CCN1CCC(n2c(C)c(C(N)=O)c3ccc(CCO)cc32)CC1. The van der Waals surface area contributed by atoms with Crippen LogP contribution in [-0.2, 0) is 6.42 Å². The molecular formula is C19H27N3O2. The summed E-state index contributed by atoms with van der Waals surface area (Å²) in [5.41, 5.74) is 9.43. The molecular weight excluding hydrogens is 302 g/mol. The topological polar surface area (TPSA) is 71.5 Å². The summed E-state index contributed by atoms with van der Waals surface area (Å²) in [5.74, 6) is -0.364. The Labute approximate surface area is 143 Å². The van der Waals surface area contributed by atoms with Gasteiger partial charge in [0, 0.05) is 42.3 Å². The first kappa shape index (κ1) is 17.0. The normalized spacial score (nSPS) is 16.8. The van der Waals surface area contributed by atoms with Gasteiger partial charge in [-0.3, -0.25) is 4.79 Å². The van der Waals surface area contributed by atoms with E-state index in [2.05, 4.69) is 22.5 Å². The number of aliphatic hydroxyl groups excluding tert-OH is 1. The number of primary amides is 1. The maximum atomic E-state index is 12.0. The number of likely N-dealkylation sites (tertiary alicyclic amines) is 1. The number of rotatable bonds is 5. The molecule has 0 radical (unpaired) electrons. The van der Waals surface area contributed by atoms with Gasteiger partial charge < -0.3 is 20.3 Å². The smallest absolute Gasteiger partial charge is 0.251 e. The second kappa shape index (κ2) is 6.95. The lowest BCUT2D eigenvalue weighted by Crippen LogP contribution is -2.34. The van der Waals surface area contributed by atoms with Gasteiger partial charge in [-0.15, -0.1) is 0 Å². The standard InChI is InChI=1S/C19H27N3O2/c1-3-21-9-6-15(7-10-21)22-13(2)18(19(20)24)16-5-4-14(8-11-23)12-17(16)22/h4-5,12,15,23H,3,6-11H2,1-2H3,(H2,20,24). The highest BCUT2D eigenvalue weighted by Gasteiger charge is 2.26. The van der Waals surface area contributed by atoms with Gasteiger partial charge in [0.15, 0.2) is 0 Å². The monoisotopic (exact) mass is 329 g/mol.